The Morgan fingerprint density at radius 2 is 1.96 bits per heavy atom. The first-order chi connectivity index (χ1) is 12.2. The van der Waals surface area contributed by atoms with Crippen LogP contribution in [0.5, 0.6) is 0 Å². The number of hydrogen-bond donors (Lipinski definition) is 2. The Labute approximate surface area is 152 Å². The summed E-state index contributed by atoms with van der Waals surface area (Å²) in [6, 6.07) is 12.0. The fourth-order valence-corrected chi connectivity index (χ4v) is 4.03. The number of carbonyl (C=O) groups excluding carboxylic acids is 1. The third-order valence-electron chi connectivity index (χ3n) is 4.48. The predicted molar refractivity (Wildman–Crippen MR) is 101 cm³/mol. The fourth-order valence-electron chi connectivity index (χ4n) is 3.01. The molecule has 2 heterocycles. The Bertz CT molecular complexity index is 693. The van der Waals surface area contributed by atoms with Crippen LogP contribution in [0.4, 0.5) is 0 Å². The van der Waals surface area contributed by atoms with E-state index in [4.69, 9.17) is 10.5 Å². The fraction of sp³-hybridized carbons (Fsp3) is 0.421. The lowest BCUT2D eigenvalue weighted by Crippen LogP contribution is -2.43. The van der Waals surface area contributed by atoms with Crippen molar-refractivity contribution in [2.75, 3.05) is 32.8 Å². The van der Waals surface area contributed by atoms with Crippen molar-refractivity contribution in [2.45, 2.75) is 19.5 Å². The van der Waals surface area contributed by atoms with Gasteiger partial charge in [0.2, 0.25) is 0 Å². The van der Waals surface area contributed by atoms with E-state index in [2.05, 4.69) is 29.3 Å². The molecular weight excluding hydrogens is 334 g/mol. The highest BCUT2D eigenvalue weighted by atomic mass is 32.1. The van der Waals surface area contributed by atoms with Gasteiger partial charge in [-0.2, -0.15) is 0 Å². The molecule has 1 aromatic heterocycles. The maximum Gasteiger partial charge on any atom is 0.251 e. The molecule has 1 aromatic carbocycles. The number of hydrogen-bond acceptors (Lipinski definition) is 5. The quantitative estimate of drug-likeness (QED) is 0.831. The van der Waals surface area contributed by atoms with Crippen LogP contribution in [-0.2, 0) is 11.3 Å². The van der Waals surface area contributed by atoms with Crippen LogP contribution < -0.4 is 11.1 Å². The minimum Gasteiger partial charge on any atom is -0.379 e. The third-order valence-corrected chi connectivity index (χ3v) is 5.59. The van der Waals surface area contributed by atoms with Crippen molar-refractivity contribution in [3.63, 3.8) is 0 Å². The van der Waals surface area contributed by atoms with Crippen LogP contribution in [0.2, 0.25) is 0 Å². The van der Waals surface area contributed by atoms with Gasteiger partial charge in [-0.1, -0.05) is 12.1 Å². The number of amides is 1. The first-order valence-corrected chi connectivity index (χ1v) is 9.44. The molecule has 1 amide bonds. The number of carbonyl (C=O) groups is 1. The number of aryl methyl sites for hydroxylation is 1. The molecule has 3 N–H and O–H groups in total. The molecular formula is C19H25N3O2S. The van der Waals surface area contributed by atoms with Crippen molar-refractivity contribution >= 4 is 17.2 Å². The molecule has 0 aliphatic carbocycles. The standard InChI is InChI=1S/C19H25N3O2S/c1-14-2-7-18(25-14)17(22-8-10-24-11-9-22)13-21-19(23)16-5-3-15(12-20)4-6-16/h2-7,17H,8-13,20H2,1H3,(H,21,23). The number of rotatable bonds is 6. The van der Waals surface area contributed by atoms with Crippen molar-refractivity contribution in [3.8, 4) is 0 Å². The monoisotopic (exact) mass is 359 g/mol. The van der Waals surface area contributed by atoms with E-state index in [-0.39, 0.29) is 11.9 Å². The van der Waals surface area contributed by atoms with Crippen molar-refractivity contribution in [1.29, 1.82) is 0 Å². The smallest absolute Gasteiger partial charge is 0.251 e. The second-order valence-corrected chi connectivity index (χ2v) is 7.54. The summed E-state index contributed by atoms with van der Waals surface area (Å²) in [5.74, 6) is -0.0462. The summed E-state index contributed by atoms with van der Waals surface area (Å²) in [6.07, 6.45) is 0. The Morgan fingerprint density at radius 1 is 1.24 bits per heavy atom. The van der Waals surface area contributed by atoms with Crippen LogP contribution in [0.25, 0.3) is 0 Å². The molecule has 3 rings (SSSR count). The first kappa shape index (κ1) is 18.1. The third kappa shape index (κ3) is 4.67. The Kier molecular flexibility index (Phi) is 6.20. The average molecular weight is 359 g/mol. The summed E-state index contributed by atoms with van der Waals surface area (Å²) < 4.78 is 5.47. The normalized spacial score (nSPS) is 16.6. The van der Waals surface area contributed by atoms with Gasteiger partial charge in [0.05, 0.1) is 19.3 Å². The Morgan fingerprint density at radius 3 is 2.56 bits per heavy atom. The highest BCUT2D eigenvalue weighted by molar-refractivity contribution is 7.12. The van der Waals surface area contributed by atoms with Crippen molar-refractivity contribution in [3.05, 3.63) is 57.3 Å². The molecule has 1 atom stereocenters. The molecule has 0 radical (unpaired) electrons. The zero-order valence-electron chi connectivity index (χ0n) is 14.5. The molecule has 2 aromatic rings. The van der Waals surface area contributed by atoms with Crippen LogP contribution in [0, 0.1) is 6.92 Å². The number of nitrogens with zero attached hydrogens (tertiary/aromatic N) is 1. The van der Waals surface area contributed by atoms with Gasteiger partial charge in [0.25, 0.3) is 5.91 Å². The zero-order valence-corrected chi connectivity index (χ0v) is 15.3. The molecule has 0 bridgehead atoms. The summed E-state index contributed by atoms with van der Waals surface area (Å²) in [5, 5.41) is 3.10. The second-order valence-electron chi connectivity index (χ2n) is 6.22. The highest BCUT2D eigenvalue weighted by Crippen LogP contribution is 2.28. The predicted octanol–water partition coefficient (Wildman–Crippen LogP) is 2.32. The van der Waals surface area contributed by atoms with Gasteiger partial charge in [0.15, 0.2) is 0 Å². The van der Waals surface area contributed by atoms with E-state index in [0.29, 0.717) is 18.7 Å². The molecule has 6 heteroatoms. The van der Waals surface area contributed by atoms with Crippen LogP contribution in [-0.4, -0.2) is 43.7 Å². The summed E-state index contributed by atoms with van der Waals surface area (Å²) >= 11 is 1.79. The van der Waals surface area contributed by atoms with E-state index in [0.717, 1.165) is 31.9 Å². The van der Waals surface area contributed by atoms with E-state index in [1.807, 2.05) is 24.3 Å². The van der Waals surface area contributed by atoms with Gasteiger partial charge in [0.1, 0.15) is 0 Å². The average Bonchev–Trinajstić information content (AvgIpc) is 3.09. The maximum absolute atomic E-state index is 12.5. The van der Waals surface area contributed by atoms with Crippen LogP contribution >= 0.6 is 11.3 Å². The molecule has 1 unspecified atom stereocenters. The lowest BCUT2D eigenvalue weighted by molar-refractivity contribution is 0.0169. The summed E-state index contributed by atoms with van der Waals surface area (Å²) in [6.45, 7) is 6.47. The molecule has 1 fully saturated rings. The van der Waals surface area contributed by atoms with Crippen LogP contribution in [0.15, 0.2) is 36.4 Å². The largest absolute Gasteiger partial charge is 0.379 e. The second kappa shape index (κ2) is 8.58. The van der Waals surface area contributed by atoms with Gasteiger partial charge in [-0.3, -0.25) is 9.69 Å². The number of benzene rings is 1. The molecule has 1 aliphatic heterocycles. The molecule has 25 heavy (non-hydrogen) atoms. The summed E-state index contributed by atoms with van der Waals surface area (Å²) in [4.78, 5) is 17.5. The van der Waals surface area contributed by atoms with Gasteiger partial charge < -0.3 is 15.8 Å². The Balaban J connectivity index is 1.67. The molecule has 1 saturated heterocycles. The van der Waals surface area contributed by atoms with Crippen LogP contribution in [0.1, 0.15) is 31.7 Å². The van der Waals surface area contributed by atoms with E-state index in [9.17, 15) is 4.79 Å². The minimum atomic E-state index is -0.0462. The molecule has 1 aliphatic rings. The van der Waals surface area contributed by atoms with Gasteiger partial charge in [0, 0.05) is 41.5 Å². The number of nitrogens with two attached hydrogens (primary N) is 1. The van der Waals surface area contributed by atoms with Crippen molar-refractivity contribution < 1.29 is 9.53 Å². The zero-order chi connectivity index (χ0) is 17.6. The topological polar surface area (TPSA) is 67.6 Å². The Hall–Kier alpha value is -1.73. The molecule has 0 spiro atoms. The van der Waals surface area contributed by atoms with E-state index in [1.165, 1.54) is 9.75 Å². The first-order valence-electron chi connectivity index (χ1n) is 8.62. The van der Waals surface area contributed by atoms with Crippen molar-refractivity contribution in [2.24, 2.45) is 5.73 Å². The van der Waals surface area contributed by atoms with Crippen molar-refractivity contribution in [1.82, 2.24) is 10.2 Å². The highest BCUT2D eigenvalue weighted by Gasteiger charge is 2.24. The van der Waals surface area contributed by atoms with E-state index >= 15 is 0 Å². The number of ether oxygens (including phenoxy) is 1. The molecule has 134 valence electrons. The summed E-state index contributed by atoms with van der Waals surface area (Å²) in [7, 11) is 0. The number of morpholine rings is 1. The van der Waals surface area contributed by atoms with Gasteiger partial charge in [-0.25, -0.2) is 0 Å². The van der Waals surface area contributed by atoms with Crippen LogP contribution in [0.3, 0.4) is 0 Å². The van der Waals surface area contributed by atoms with E-state index in [1.54, 1.807) is 11.3 Å². The van der Waals surface area contributed by atoms with E-state index < -0.39 is 0 Å². The van der Waals surface area contributed by atoms with Gasteiger partial charge in [-0.15, -0.1) is 11.3 Å². The lowest BCUT2D eigenvalue weighted by atomic mass is 10.1. The maximum atomic E-state index is 12.5. The molecule has 0 saturated carbocycles. The minimum absolute atomic E-state index is 0.0462. The molecule has 5 nitrogen and oxygen atoms in total. The lowest BCUT2D eigenvalue weighted by Gasteiger charge is -2.34. The summed E-state index contributed by atoms with van der Waals surface area (Å²) in [5.41, 5.74) is 7.30. The number of thiophene rings is 1. The SMILES string of the molecule is Cc1ccc(C(CNC(=O)c2ccc(CN)cc2)N2CCOCC2)s1. The number of nitrogens with one attached hydrogen (secondary N) is 1. The van der Waals surface area contributed by atoms with Gasteiger partial charge in [-0.05, 0) is 36.8 Å². The van der Waals surface area contributed by atoms with Gasteiger partial charge >= 0.3 is 0 Å².